The Bertz CT molecular complexity index is 2150. The molecule has 1 aliphatic heterocycles. The maximum Gasteiger partial charge on any atom is 0.338 e. The summed E-state index contributed by atoms with van der Waals surface area (Å²) in [5, 5.41) is 12.1. The second-order valence-corrected chi connectivity index (χ2v) is 16.4. The summed E-state index contributed by atoms with van der Waals surface area (Å²) >= 11 is 0. The van der Waals surface area contributed by atoms with Gasteiger partial charge in [0.25, 0.3) is 20.0 Å². The van der Waals surface area contributed by atoms with E-state index in [4.69, 9.17) is 14.2 Å². The number of carbonyl (C=O) groups excluding carboxylic acids is 1. The van der Waals surface area contributed by atoms with Crippen molar-refractivity contribution in [3.8, 4) is 11.5 Å². The molecule has 3 N–H and O–H groups in total. The summed E-state index contributed by atoms with van der Waals surface area (Å²) in [6.07, 6.45) is 3.53. The van der Waals surface area contributed by atoms with Gasteiger partial charge in [-0.1, -0.05) is 51.0 Å². The van der Waals surface area contributed by atoms with Gasteiger partial charge in [-0.15, -0.1) is 0 Å². The van der Waals surface area contributed by atoms with Crippen LogP contribution in [-0.2, 0) is 36.0 Å². The van der Waals surface area contributed by atoms with E-state index in [9.17, 15) is 26.7 Å². The van der Waals surface area contributed by atoms with E-state index in [1.165, 1.54) is 38.5 Å². The summed E-state index contributed by atoms with van der Waals surface area (Å²) in [5.41, 5.74) is 1.46. The SMILES string of the molecule is CCCCC1(CCc2cccc(NS(=O)(=O)c3ccc(OC)cc3)c2)COC(=O)C(C(CC)c2cccc(NS(=O)(=O)c3ccc(OC)cc3)c2)=C1O. The molecule has 11 nitrogen and oxygen atoms in total. The van der Waals surface area contributed by atoms with Gasteiger partial charge in [0.1, 0.15) is 23.9 Å². The van der Waals surface area contributed by atoms with Crippen LogP contribution in [-0.4, -0.2) is 48.7 Å². The largest absolute Gasteiger partial charge is 0.511 e. The number of methoxy groups -OCH3 is 2. The minimum absolute atomic E-state index is 0.00307. The summed E-state index contributed by atoms with van der Waals surface area (Å²) < 4.78 is 74.0. The number of anilines is 2. The van der Waals surface area contributed by atoms with Crippen LogP contribution < -0.4 is 18.9 Å². The zero-order chi connectivity index (χ0) is 38.2. The Balaban J connectivity index is 1.40. The Morgan fingerprint density at radius 3 is 1.85 bits per heavy atom. The number of hydrogen-bond donors (Lipinski definition) is 3. The number of aliphatic hydroxyl groups is 1. The number of benzene rings is 4. The van der Waals surface area contributed by atoms with Gasteiger partial charge < -0.3 is 19.3 Å². The highest BCUT2D eigenvalue weighted by Crippen LogP contribution is 2.46. The van der Waals surface area contributed by atoms with E-state index in [2.05, 4.69) is 16.4 Å². The molecule has 1 heterocycles. The van der Waals surface area contributed by atoms with Crippen LogP contribution in [0.4, 0.5) is 11.4 Å². The molecule has 4 aromatic rings. The first-order chi connectivity index (χ1) is 25.3. The predicted octanol–water partition coefficient (Wildman–Crippen LogP) is 7.98. The van der Waals surface area contributed by atoms with Crippen molar-refractivity contribution in [1.82, 2.24) is 0 Å². The molecule has 0 bridgehead atoms. The molecule has 0 amide bonds. The first kappa shape index (κ1) is 39.2. The first-order valence-electron chi connectivity index (χ1n) is 17.5. The molecular formula is C40H46N2O9S2. The first-order valence-corrected chi connectivity index (χ1v) is 20.4. The van der Waals surface area contributed by atoms with Crippen molar-refractivity contribution in [2.24, 2.45) is 5.41 Å². The number of carbonyl (C=O) groups is 1. The normalized spacial score (nSPS) is 16.8. The maximum atomic E-state index is 13.5. The summed E-state index contributed by atoms with van der Waals surface area (Å²) in [7, 11) is -4.78. The summed E-state index contributed by atoms with van der Waals surface area (Å²) in [6.45, 7) is 3.95. The molecule has 1 aliphatic rings. The quantitative estimate of drug-likeness (QED) is 0.0908. The Kier molecular flexibility index (Phi) is 12.4. The van der Waals surface area contributed by atoms with E-state index in [0.717, 1.165) is 18.4 Å². The topological polar surface area (TPSA) is 157 Å². The number of ether oxygens (including phenoxy) is 3. The van der Waals surface area contributed by atoms with E-state index >= 15 is 0 Å². The molecule has 0 fully saturated rings. The van der Waals surface area contributed by atoms with Crippen molar-refractivity contribution in [2.75, 3.05) is 30.3 Å². The summed E-state index contributed by atoms with van der Waals surface area (Å²) in [5.74, 6) is -0.134. The highest BCUT2D eigenvalue weighted by molar-refractivity contribution is 7.93. The lowest BCUT2D eigenvalue weighted by Gasteiger charge is -2.39. The van der Waals surface area contributed by atoms with Crippen LogP contribution in [0.2, 0.25) is 0 Å². The number of nitrogens with one attached hydrogen (secondary N) is 2. The Hall–Kier alpha value is -5.01. The van der Waals surface area contributed by atoms with Crippen molar-refractivity contribution < 1.29 is 40.9 Å². The van der Waals surface area contributed by atoms with Crippen LogP contribution in [0, 0.1) is 5.41 Å². The van der Waals surface area contributed by atoms with E-state index in [1.807, 2.05) is 13.0 Å². The third kappa shape index (κ3) is 9.14. The van der Waals surface area contributed by atoms with Gasteiger partial charge in [0.15, 0.2) is 0 Å². The van der Waals surface area contributed by atoms with Crippen LogP contribution >= 0.6 is 0 Å². The minimum atomic E-state index is -3.93. The van der Waals surface area contributed by atoms with Gasteiger partial charge >= 0.3 is 5.97 Å². The zero-order valence-electron chi connectivity index (χ0n) is 30.3. The molecule has 13 heteroatoms. The summed E-state index contributed by atoms with van der Waals surface area (Å²) in [4.78, 5) is 13.6. The van der Waals surface area contributed by atoms with Crippen molar-refractivity contribution >= 4 is 37.4 Å². The molecule has 2 unspecified atom stereocenters. The Morgan fingerprint density at radius 1 is 0.774 bits per heavy atom. The molecule has 0 saturated heterocycles. The van der Waals surface area contributed by atoms with E-state index < -0.39 is 37.3 Å². The van der Waals surface area contributed by atoms with Gasteiger partial charge in [0, 0.05) is 17.3 Å². The second-order valence-electron chi connectivity index (χ2n) is 13.1. The van der Waals surface area contributed by atoms with Crippen molar-refractivity contribution in [3.05, 3.63) is 120 Å². The maximum absolute atomic E-state index is 13.5. The number of esters is 1. The number of unbranched alkanes of at least 4 members (excludes halogenated alkanes) is 1. The fourth-order valence-electron chi connectivity index (χ4n) is 6.60. The third-order valence-corrected chi connectivity index (χ3v) is 12.4. The van der Waals surface area contributed by atoms with Crippen molar-refractivity contribution in [3.63, 3.8) is 0 Å². The number of hydrogen-bond acceptors (Lipinski definition) is 9. The van der Waals surface area contributed by atoms with Gasteiger partial charge in [0.2, 0.25) is 0 Å². The molecule has 0 aromatic heterocycles. The van der Waals surface area contributed by atoms with Gasteiger partial charge in [-0.3, -0.25) is 9.44 Å². The zero-order valence-corrected chi connectivity index (χ0v) is 31.9. The second kappa shape index (κ2) is 16.8. The van der Waals surface area contributed by atoms with Crippen LogP contribution in [0.1, 0.15) is 63.0 Å². The summed E-state index contributed by atoms with van der Waals surface area (Å²) in [6, 6.07) is 26.0. The van der Waals surface area contributed by atoms with Crippen LogP contribution in [0.5, 0.6) is 11.5 Å². The number of sulfonamides is 2. The van der Waals surface area contributed by atoms with Crippen LogP contribution in [0.25, 0.3) is 0 Å². The number of rotatable bonds is 17. The van der Waals surface area contributed by atoms with E-state index in [0.29, 0.717) is 54.1 Å². The van der Waals surface area contributed by atoms with Gasteiger partial charge in [-0.25, -0.2) is 21.6 Å². The fraction of sp³-hybridized carbons (Fsp3) is 0.325. The lowest BCUT2D eigenvalue weighted by molar-refractivity contribution is -0.147. The smallest absolute Gasteiger partial charge is 0.338 e. The number of cyclic esters (lactones) is 1. The monoisotopic (exact) mass is 762 g/mol. The number of aliphatic hydroxyl groups excluding tert-OH is 1. The molecular weight excluding hydrogens is 717 g/mol. The van der Waals surface area contributed by atoms with E-state index in [1.54, 1.807) is 66.7 Å². The molecule has 0 spiro atoms. The minimum Gasteiger partial charge on any atom is -0.511 e. The highest BCUT2D eigenvalue weighted by Gasteiger charge is 2.45. The highest BCUT2D eigenvalue weighted by atomic mass is 32.2. The Morgan fingerprint density at radius 2 is 1.32 bits per heavy atom. The number of aryl methyl sites for hydroxylation is 1. The predicted molar refractivity (Wildman–Crippen MR) is 204 cm³/mol. The van der Waals surface area contributed by atoms with Crippen molar-refractivity contribution in [2.45, 2.75) is 68.1 Å². The standard InChI is InChI=1S/C40H46N2O9S2/c1-5-7-23-40(24-22-28-10-8-12-30(25-28)41-52(45,46)34-18-14-32(49-3)15-19-34)27-51-39(44)37(38(40)43)36(6-2)29-11-9-13-31(26-29)42-53(47,48)35-20-16-33(50-4)17-21-35/h8-21,25-26,36,41-43H,5-7,22-24,27H2,1-4H3. The lowest BCUT2D eigenvalue weighted by atomic mass is 9.71. The van der Waals surface area contributed by atoms with Gasteiger partial charge in [-0.2, -0.15) is 0 Å². The molecule has 5 rings (SSSR count). The lowest BCUT2D eigenvalue weighted by Crippen LogP contribution is -2.39. The molecule has 0 saturated carbocycles. The molecule has 4 aromatic carbocycles. The average molecular weight is 763 g/mol. The van der Waals surface area contributed by atoms with Crippen molar-refractivity contribution in [1.29, 1.82) is 0 Å². The van der Waals surface area contributed by atoms with Crippen LogP contribution in [0.15, 0.2) is 118 Å². The molecule has 282 valence electrons. The third-order valence-electron chi connectivity index (χ3n) is 9.57. The van der Waals surface area contributed by atoms with E-state index in [-0.39, 0.29) is 27.7 Å². The van der Waals surface area contributed by atoms with Gasteiger partial charge in [-0.05, 0) is 110 Å². The molecule has 53 heavy (non-hydrogen) atoms. The molecule has 2 atom stereocenters. The Labute approximate surface area is 312 Å². The average Bonchev–Trinajstić information content (AvgIpc) is 3.16. The molecule has 0 aliphatic carbocycles. The molecule has 0 radical (unpaired) electrons. The van der Waals surface area contributed by atoms with Crippen LogP contribution in [0.3, 0.4) is 0 Å². The van der Waals surface area contributed by atoms with Gasteiger partial charge in [0.05, 0.1) is 35.0 Å². The fourth-order valence-corrected chi connectivity index (χ4v) is 8.70.